The molecule has 0 radical (unpaired) electrons. The summed E-state index contributed by atoms with van der Waals surface area (Å²) in [5.41, 5.74) is 0.982. The maximum Gasteiger partial charge on any atom is 0.410 e. The fourth-order valence-electron chi connectivity index (χ4n) is 3.36. The third-order valence-corrected chi connectivity index (χ3v) is 4.74. The Morgan fingerprint density at radius 1 is 1.11 bits per heavy atom. The summed E-state index contributed by atoms with van der Waals surface area (Å²) in [6.07, 6.45) is 1.29. The second kappa shape index (κ2) is 7.33. The molecule has 0 saturated carbocycles. The van der Waals surface area contributed by atoms with E-state index in [-0.39, 0.29) is 6.09 Å². The number of ether oxygens (including phenoxy) is 2. The Morgan fingerprint density at radius 3 is 2.32 bits per heavy atom. The SMILES string of the molecule is COC(=O)c1cn(C)c2cc(N3CCN(C(=O)OC(C)(C)C)CC3)c(F)cc12. The summed E-state index contributed by atoms with van der Waals surface area (Å²) in [7, 11) is 3.10. The van der Waals surface area contributed by atoms with Gasteiger partial charge in [-0.15, -0.1) is 0 Å². The minimum atomic E-state index is -0.546. The number of carbonyl (C=O) groups is 2. The highest BCUT2D eigenvalue weighted by atomic mass is 19.1. The van der Waals surface area contributed by atoms with E-state index in [1.807, 2.05) is 25.7 Å². The topological polar surface area (TPSA) is 64.0 Å². The molecule has 3 rings (SSSR count). The van der Waals surface area contributed by atoms with E-state index in [0.717, 1.165) is 5.52 Å². The average Bonchev–Trinajstić information content (AvgIpc) is 2.95. The number of methoxy groups -OCH3 is 1. The van der Waals surface area contributed by atoms with Crippen LogP contribution in [0.15, 0.2) is 18.3 Å². The molecule has 2 aromatic rings. The number of carbonyl (C=O) groups excluding carboxylic acids is 2. The number of anilines is 1. The number of benzene rings is 1. The van der Waals surface area contributed by atoms with Crippen molar-refractivity contribution in [3.8, 4) is 0 Å². The van der Waals surface area contributed by atoms with Gasteiger partial charge >= 0.3 is 12.1 Å². The number of hydrogen-bond donors (Lipinski definition) is 0. The largest absolute Gasteiger partial charge is 0.465 e. The maximum atomic E-state index is 14.8. The summed E-state index contributed by atoms with van der Waals surface area (Å²) in [4.78, 5) is 27.7. The number of nitrogens with zero attached hydrogens (tertiary/aromatic N) is 3. The second-order valence-electron chi connectivity index (χ2n) is 7.92. The molecule has 1 aromatic carbocycles. The van der Waals surface area contributed by atoms with Crippen molar-refractivity contribution in [3.05, 3.63) is 29.7 Å². The Morgan fingerprint density at radius 2 is 1.75 bits per heavy atom. The molecule has 0 aliphatic carbocycles. The van der Waals surface area contributed by atoms with E-state index >= 15 is 0 Å². The highest BCUT2D eigenvalue weighted by molar-refractivity contribution is 6.05. The van der Waals surface area contributed by atoms with Crippen LogP contribution < -0.4 is 4.90 Å². The van der Waals surface area contributed by atoms with Crippen LogP contribution in [0.1, 0.15) is 31.1 Å². The van der Waals surface area contributed by atoms with Gasteiger partial charge in [-0.2, -0.15) is 0 Å². The van der Waals surface area contributed by atoms with Crippen molar-refractivity contribution in [1.82, 2.24) is 9.47 Å². The lowest BCUT2D eigenvalue weighted by Crippen LogP contribution is -2.50. The van der Waals surface area contributed by atoms with E-state index < -0.39 is 17.4 Å². The zero-order valence-corrected chi connectivity index (χ0v) is 16.9. The molecule has 1 saturated heterocycles. The van der Waals surface area contributed by atoms with Crippen molar-refractivity contribution in [2.24, 2.45) is 7.05 Å². The van der Waals surface area contributed by atoms with Crippen molar-refractivity contribution in [1.29, 1.82) is 0 Å². The number of aryl methyl sites for hydroxylation is 1. The molecule has 1 aliphatic heterocycles. The van der Waals surface area contributed by atoms with Crippen molar-refractivity contribution in [2.45, 2.75) is 26.4 Å². The lowest BCUT2D eigenvalue weighted by molar-refractivity contribution is 0.0240. The van der Waals surface area contributed by atoms with Crippen molar-refractivity contribution < 1.29 is 23.5 Å². The predicted molar refractivity (Wildman–Crippen MR) is 104 cm³/mol. The van der Waals surface area contributed by atoms with Crippen LogP contribution in [0.3, 0.4) is 0 Å². The van der Waals surface area contributed by atoms with E-state index in [2.05, 4.69) is 0 Å². The number of aromatic nitrogens is 1. The number of rotatable bonds is 2. The zero-order valence-electron chi connectivity index (χ0n) is 16.9. The number of amides is 1. The lowest BCUT2D eigenvalue weighted by atomic mass is 10.1. The molecule has 152 valence electrons. The first-order chi connectivity index (χ1) is 13.1. The normalized spacial score (nSPS) is 15.1. The highest BCUT2D eigenvalue weighted by Crippen LogP contribution is 2.30. The van der Waals surface area contributed by atoms with Crippen molar-refractivity contribution >= 4 is 28.7 Å². The molecule has 1 aromatic heterocycles. The maximum absolute atomic E-state index is 14.8. The molecule has 1 aliphatic rings. The molecule has 0 N–H and O–H groups in total. The summed E-state index contributed by atoms with van der Waals surface area (Å²) in [5, 5.41) is 0.517. The molecule has 0 atom stereocenters. The first kappa shape index (κ1) is 20.0. The van der Waals surface area contributed by atoms with Gasteiger partial charge in [-0.25, -0.2) is 14.0 Å². The number of esters is 1. The Kier molecular flexibility index (Phi) is 5.23. The van der Waals surface area contributed by atoms with Crippen molar-refractivity contribution in [2.75, 3.05) is 38.2 Å². The van der Waals surface area contributed by atoms with Crippen LogP contribution >= 0.6 is 0 Å². The molecule has 8 heteroatoms. The number of hydrogen-bond acceptors (Lipinski definition) is 5. The Bertz CT molecular complexity index is 908. The van der Waals surface area contributed by atoms with Gasteiger partial charge in [0.05, 0.1) is 23.9 Å². The fourth-order valence-corrected chi connectivity index (χ4v) is 3.36. The fraction of sp³-hybridized carbons (Fsp3) is 0.500. The van der Waals surface area contributed by atoms with E-state index in [0.29, 0.717) is 42.8 Å². The Hall–Kier alpha value is -2.77. The van der Waals surface area contributed by atoms with Crippen LogP contribution in [0.25, 0.3) is 10.9 Å². The molecular formula is C20H26FN3O4. The quantitative estimate of drug-likeness (QED) is 0.736. The molecule has 0 unspecified atom stereocenters. The highest BCUT2D eigenvalue weighted by Gasteiger charge is 2.27. The van der Waals surface area contributed by atoms with E-state index in [1.54, 1.807) is 28.8 Å². The van der Waals surface area contributed by atoms with Gasteiger partial charge in [0.1, 0.15) is 11.4 Å². The molecule has 7 nitrogen and oxygen atoms in total. The van der Waals surface area contributed by atoms with Crippen LogP contribution in [0.4, 0.5) is 14.9 Å². The van der Waals surface area contributed by atoms with Gasteiger partial charge in [0.2, 0.25) is 0 Å². The standard InChI is InChI=1S/C20H26FN3O4/c1-20(2,3)28-19(26)24-8-6-23(7-9-24)17-11-16-13(10-15(17)21)14(12-22(16)4)18(25)27-5/h10-12H,6-9H2,1-5H3. The molecule has 28 heavy (non-hydrogen) atoms. The molecular weight excluding hydrogens is 365 g/mol. The second-order valence-corrected chi connectivity index (χ2v) is 7.92. The monoisotopic (exact) mass is 391 g/mol. The van der Waals surface area contributed by atoms with Gasteiger partial charge in [0.15, 0.2) is 0 Å². The van der Waals surface area contributed by atoms with Gasteiger partial charge in [0.25, 0.3) is 0 Å². The number of piperazine rings is 1. The van der Waals surface area contributed by atoms with Crippen molar-refractivity contribution in [3.63, 3.8) is 0 Å². The minimum absolute atomic E-state index is 0.334. The Labute approximate surface area is 163 Å². The number of fused-ring (bicyclic) bond motifs is 1. The molecule has 1 amide bonds. The number of halogens is 1. The minimum Gasteiger partial charge on any atom is -0.465 e. The summed E-state index contributed by atoms with van der Waals surface area (Å²) in [5.74, 6) is -0.904. The van der Waals surface area contributed by atoms with Crippen LogP contribution in [0, 0.1) is 5.82 Å². The van der Waals surface area contributed by atoms with Gasteiger partial charge in [0, 0.05) is 44.8 Å². The smallest absolute Gasteiger partial charge is 0.410 e. The summed E-state index contributed by atoms with van der Waals surface area (Å²) < 4.78 is 26.8. The summed E-state index contributed by atoms with van der Waals surface area (Å²) >= 11 is 0. The van der Waals surface area contributed by atoms with E-state index in [9.17, 15) is 14.0 Å². The third kappa shape index (κ3) is 3.90. The van der Waals surface area contributed by atoms with Gasteiger partial charge < -0.3 is 23.8 Å². The molecule has 0 bridgehead atoms. The van der Waals surface area contributed by atoms with E-state index in [4.69, 9.17) is 9.47 Å². The van der Waals surface area contributed by atoms with Crippen LogP contribution in [-0.2, 0) is 16.5 Å². The van der Waals surface area contributed by atoms with Gasteiger partial charge in [-0.1, -0.05) is 0 Å². The predicted octanol–water partition coefficient (Wildman–Crippen LogP) is 3.16. The molecule has 1 fully saturated rings. The van der Waals surface area contributed by atoms with E-state index in [1.165, 1.54) is 13.2 Å². The zero-order chi connectivity index (χ0) is 20.6. The van der Waals surface area contributed by atoms with Crippen LogP contribution in [0.2, 0.25) is 0 Å². The summed E-state index contributed by atoms with van der Waals surface area (Å²) in [6.45, 7) is 7.38. The molecule has 0 spiro atoms. The first-order valence-electron chi connectivity index (χ1n) is 9.20. The van der Waals surface area contributed by atoms with Crippen LogP contribution in [-0.4, -0.2) is 60.4 Å². The average molecular weight is 391 g/mol. The van der Waals surface area contributed by atoms with Gasteiger partial charge in [-0.3, -0.25) is 0 Å². The summed E-state index contributed by atoms with van der Waals surface area (Å²) in [6, 6.07) is 3.11. The Balaban J connectivity index is 1.80. The first-order valence-corrected chi connectivity index (χ1v) is 9.20. The third-order valence-electron chi connectivity index (χ3n) is 4.74. The lowest BCUT2D eigenvalue weighted by Gasteiger charge is -2.36. The van der Waals surface area contributed by atoms with Crippen LogP contribution in [0.5, 0.6) is 0 Å². The van der Waals surface area contributed by atoms with Gasteiger partial charge in [-0.05, 0) is 32.9 Å². The molecule has 2 heterocycles.